The Morgan fingerprint density at radius 3 is 2.59 bits per heavy atom. The molecule has 5 heteroatoms. The fraction of sp³-hybridized carbons (Fsp3) is 0.167. The Labute approximate surface area is 116 Å². The molecule has 0 fully saturated rings. The zero-order valence-electron chi connectivity index (χ0n) is 8.98. The zero-order valence-corrected chi connectivity index (χ0v) is 12.2. The van der Waals surface area contributed by atoms with E-state index in [-0.39, 0.29) is 0 Å². The number of halogens is 2. The lowest BCUT2D eigenvalue weighted by atomic mass is 10.1. The first-order chi connectivity index (χ1) is 8.13. The van der Waals surface area contributed by atoms with E-state index in [1.807, 2.05) is 12.1 Å². The first-order valence-corrected chi connectivity index (χ1v) is 6.47. The SMILES string of the molecule is COc1ccccc1C(O)c1cc(Br)c(Br)o1. The van der Waals surface area contributed by atoms with Crippen LogP contribution in [0, 0.1) is 0 Å². The molecule has 0 saturated carbocycles. The number of hydrogen-bond acceptors (Lipinski definition) is 3. The van der Waals surface area contributed by atoms with Crippen molar-refractivity contribution in [3.05, 3.63) is 50.8 Å². The lowest BCUT2D eigenvalue weighted by Gasteiger charge is -2.12. The third kappa shape index (κ3) is 2.56. The normalized spacial score (nSPS) is 12.5. The first-order valence-electron chi connectivity index (χ1n) is 4.89. The van der Waals surface area contributed by atoms with Crippen LogP contribution in [-0.2, 0) is 0 Å². The van der Waals surface area contributed by atoms with Gasteiger partial charge in [0.1, 0.15) is 17.6 Å². The lowest BCUT2D eigenvalue weighted by molar-refractivity contribution is 0.183. The summed E-state index contributed by atoms with van der Waals surface area (Å²) in [5.41, 5.74) is 0.670. The fourth-order valence-electron chi connectivity index (χ4n) is 1.54. The molecule has 2 aromatic rings. The molecular weight excluding hydrogens is 352 g/mol. The number of hydrogen-bond donors (Lipinski definition) is 1. The van der Waals surface area contributed by atoms with E-state index in [9.17, 15) is 5.11 Å². The number of aliphatic hydroxyl groups excluding tert-OH is 1. The van der Waals surface area contributed by atoms with E-state index in [1.165, 1.54) is 0 Å². The Bertz CT molecular complexity index is 503. The van der Waals surface area contributed by atoms with Crippen LogP contribution in [-0.4, -0.2) is 12.2 Å². The predicted octanol–water partition coefficient (Wildman–Crippen LogP) is 3.89. The maximum absolute atomic E-state index is 10.2. The van der Waals surface area contributed by atoms with Crippen LogP contribution >= 0.6 is 31.9 Å². The number of ether oxygens (including phenoxy) is 1. The molecule has 17 heavy (non-hydrogen) atoms. The second-order valence-electron chi connectivity index (χ2n) is 3.41. The highest BCUT2D eigenvalue weighted by molar-refractivity contribution is 9.13. The molecule has 2 rings (SSSR count). The van der Waals surface area contributed by atoms with Crippen molar-refractivity contribution >= 4 is 31.9 Å². The van der Waals surface area contributed by atoms with E-state index >= 15 is 0 Å². The lowest BCUT2D eigenvalue weighted by Crippen LogP contribution is -2.00. The van der Waals surface area contributed by atoms with Gasteiger partial charge >= 0.3 is 0 Å². The highest BCUT2D eigenvalue weighted by Crippen LogP contribution is 2.35. The van der Waals surface area contributed by atoms with Gasteiger partial charge in [0.15, 0.2) is 4.67 Å². The molecule has 0 aliphatic rings. The Kier molecular flexibility index (Phi) is 3.91. The molecule has 0 aliphatic heterocycles. The highest BCUT2D eigenvalue weighted by atomic mass is 79.9. The molecule has 1 unspecified atom stereocenters. The number of aliphatic hydroxyl groups is 1. The van der Waals surface area contributed by atoms with Crippen molar-refractivity contribution in [2.24, 2.45) is 0 Å². The van der Waals surface area contributed by atoms with Crippen LogP contribution in [0.3, 0.4) is 0 Å². The minimum atomic E-state index is -0.853. The maximum Gasteiger partial charge on any atom is 0.183 e. The van der Waals surface area contributed by atoms with Crippen molar-refractivity contribution in [3.8, 4) is 5.75 Å². The van der Waals surface area contributed by atoms with E-state index in [0.717, 1.165) is 4.47 Å². The second kappa shape index (κ2) is 5.25. The molecule has 0 amide bonds. The molecule has 1 aromatic carbocycles. The van der Waals surface area contributed by atoms with Gasteiger partial charge in [-0.05, 0) is 44.0 Å². The van der Waals surface area contributed by atoms with Crippen molar-refractivity contribution in [2.45, 2.75) is 6.10 Å². The van der Waals surface area contributed by atoms with E-state index in [0.29, 0.717) is 21.7 Å². The number of methoxy groups -OCH3 is 1. The Morgan fingerprint density at radius 1 is 1.29 bits per heavy atom. The monoisotopic (exact) mass is 360 g/mol. The summed E-state index contributed by atoms with van der Waals surface area (Å²) in [6.45, 7) is 0. The van der Waals surface area contributed by atoms with E-state index in [1.54, 1.807) is 25.3 Å². The molecule has 3 nitrogen and oxygen atoms in total. The molecule has 0 radical (unpaired) electrons. The average Bonchev–Trinajstić information content (AvgIpc) is 2.68. The van der Waals surface area contributed by atoms with Crippen LogP contribution in [0.25, 0.3) is 0 Å². The van der Waals surface area contributed by atoms with Gasteiger partial charge in [0.05, 0.1) is 11.6 Å². The number of para-hydroxylation sites is 1. The van der Waals surface area contributed by atoms with Crippen LogP contribution in [0.1, 0.15) is 17.4 Å². The third-order valence-electron chi connectivity index (χ3n) is 2.37. The van der Waals surface area contributed by atoms with Gasteiger partial charge in [0.25, 0.3) is 0 Å². The summed E-state index contributed by atoms with van der Waals surface area (Å²) in [5, 5.41) is 10.2. The van der Waals surface area contributed by atoms with Gasteiger partial charge in [0, 0.05) is 5.56 Å². The van der Waals surface area contributed by atoms with Gasteiger partial charge in [-0.25, -0.2) is 0 Å². The fourth-order valence-corrected chi connectivity index (χ4v) is 2.15. The van der Waals surface area contributed by atoms with Gasteiger partial charge in [-0.1, -0.05) is 18.2 Å². The van der Waals surface area contributed by atoms with Gasteiger partial charge in [0.2, 0.25) is 0 Å². The summed E-state index contributed by atoms with van der Waals surface area (Å²) in [4.78, 5) is 0. The van der Waals surface area contributed by atoms with E-state index < -0.39 is 6.10 Å². The molecule has 1 N–H and O–H groups in total. The summed E-state index contributed by atoms with van der Waals surface area (Å²) >= 11 is 6.55. The molecule has 0 saturated heterocycles. The van der Waals surface area contributed by atoms with Crippen LogP contribution < -0.4 is 4.74 Å². The standard InChI is InChI=1S/C12H10Br2O3/c1-16-9-5-3-2-4-7(9)11(15)10-6-8(13)12(14)17-10/h2-6,11,15H,1H3. The molecule has 90 valence electrons. The number of furan rings is 1. The summed E-state index contributed by atoms with van der Waals surface area (Å²) < 4.78 is 11.9. The van der Waals surface area contributed by atoms with Gasteiger partial charge in [-0.2, -0.15) is 0 Å². The van der Waals surface area contributed by atoms with Crippen molar-refractivity contribution in [1.29, 1.82) is 0 Å². The molecule has 0 aliphatic carbocycles. The summed E-state index contributed by atoms with van der Waals surface area (Å²) in [6, 6.07) is 9.01. The Balaban J connectivity index is 2.39. The summed E-state index contributed by atoms with van der Waals surface area (Å²) in [6.07, 6.45) is -0.853. The molecular formula is C12H10Br2O3. The van der Waals surface area contributed by atoms with Crippen molar-refractivity contribution < 1.29 is 14.3 Å². The topological polar surface area (TPSA) is 42.6 Å². The van der Waals surface area contributed by atoms with Crippen molar-refractivity contribution in [2.75, 3.05) is 7.11 Å². The number of benzene rings is 1. The highest BCUT2D eigenvalue weighted by Gasteiger charge is 2.19. The van der Waals surface area contributed by atoms with E-state index in [2.05, 4.69) is 31.9 Å². The first kappa shape index (κ1) is 12.7. The quantitative estimate of drug-likeness (QED) is 0.901. The van der Waals surface area contributed by atoms with Gasteiger partial charge in [-0.3, -0.25) is 0 Å². The van der Waals surface area contributed by atoms with Gasteiger partial charge < -0.3 is 14.3 Å². The minimum absolute atomic E-state index is 0.452. The molecule has 0 bridgehead atoms. The molecule has 1 heterocycles. The molecule has 1 atom stereocenters. The van der Waals surface area contributed by atoms with Crippen LogP contribution in [0.5, 0.6) is 5.75 Å². The summed E-state index contributed by atoms with van der Waals surface area (Å²) in [5.74, 6) is 1.08. The van der Waals surface area contributed by atoms with E-state index in [4.69, 9.17) is 9.15 Å². The van der Waals surface area contributed by atoms with Crippen LogP contribution in [0.4, 0.5) is 0 Å². The Hall–Kier alpha value is -0.780. The van der Waals surface area contributed by atoms with Crippen molar-refractivity contribution in [1.82, 2.24) is 0 Å². The largest absolute Gasteiger partial charge is 0.496 e. The second-order valence-corrected chi connectivity index (χ2v) is 4.99. The zero-order chi connectivity index (χ0) is 12.4. The van der Waals surface area contributed by atoms with Crippen LogP contribution in [0.2, 0.25) is 0 Å². The predicted molar refractivity (Wildman–Crippen MR) is 71.2 cm³/mol. The molecule has 0 spiro atoms. The van der Waals surface area contributed by atoms with Crippen LogP contribution in [0.15, 0.2) is 43.9 Å². The summed E-state index contributed by atoms with van der Waals surface area (Å²) in [7, 11) is 1.57. The average molecular weight is 362 g/mol. The molecule has 1 aromatic heterocycles. The Morgan fingerprint density at radius 2 is 2.00 bits per heavy atom. The smallest absolute Gasteiger partial charge is 0.183 e. The third-order valence-corrected chi connectivity index (χ3v) is 4.08. The maximum atomic E-state index is 10.2. The van der Waals surface area contributed by atoms with Gasteiger partial charge in [-0.15, -0.1) is 0 Å². The minimum Gasteiger partial charge on any atom is -0.496 e. The van der Waals surface area contributed by atoms with Crippen molar-refractivity contribution in [3.63, 3.8) is 0 Å². The number of rotatable bonds is 3.